The first-order valence-electron chi connectivity index (χ1n) is 4.26. The Hall–Kier alpha value is -0.600. The van der Waals surface area contributed by atoms with Gasteiger partial charge in [-0.2, -0.15) is 0 Å². The largest absolute Gasteiger partial charge is 0.302 e. The first-order chi connectivity index (χ1) is 6.13. The van der Waals surface area contributed by atoms with E-state index in [1.54, 1.807) is 12.1 Å². The first-order valence-corrected chi connectivity index (χ1v) is 4.63. The standard InChI is InChI=1S/C10H13ClFN/c1-3-13(2)7-8-4-5-9(11)6-10(8)12/h4-6H,3,7H2,1-2H3. The molecule has 3 heteroatoms. The smallest absolute Gasteiger partial charge is 0.129 e. The van der Waals surface area contributed by atoms with E-state index in [4.69, 9.17) is 11.6 Å². The van der Waals surface area contributed by atoms with E-state index in [1.807, 2.05) is 18.9 Å². The van der Waals surface area contributed by atoms with Crippen LogP contribution in [0.4, 0.5) is 4.39 Å². The molecule has 0 aliphatic heterocycles. The van der Waals surface area contributed by atoms with Gasteiger partial charge in [-0.25, -0.2) is 4.39 Å². The van der Waals surface area contributed by atoms with Gasteiger partial charge in [-0.1, -0.05) is 24.6 Å². The summed E-state index contributed by atoms with van der Waals surface area (Å²) in [6, 6.07) is 4.79. The van der Waals surface area contributed by atoms with E-state index in [9.17, 15) is 4.39 Å². The summed E-state index contributed by atoms with van der Waals surface area (Å²) in [7, 11) is 1.95. The molecule has 0 heterocycles. The molecule has 72 valence electrons. The fourth-order valence-electron chi connectivity index (χ4n) is 1.05. The fourth-order valence-corrected chi connectivity index (χ4v) is 1.21. The van der Waals surface area contributed by atoms with E-state index in [1.165, 1.54) is 6.07 Å². The van der Waals surface area contributed by atoms with E-state index in [0.717, 1.165) is 6.54 Å². The quantitative estimate of drug-likeness (QED) is 0.727. The van der Waals surface area contributed by atoms with Crippen molar-refractivity contribution in [1.82, 2.24) is 4.90 Å². The monoisotopic (exact) mass is 201 g/mol. The molecule has 0 bridgehead atoms. The molecule has 0 radical (unpaired) electrons. The van der Waals surface area contributed by atoms with Crippen LogP contribution in [0.15, 0.2) is 18.2 Å². The second-order valence-corrected chi connectivity index (χ2v) is 3.50. The Kier molecular flexibility index (Phi) is 3.70. The molecular weight excluding hydrogens is 189 g/mol. The minimum Gasteiger partial charge on any atom is -0.302 e. The van der Waals surface area contributed by atoms with Gasteiger partial charge in [-0.3, -0.25) is 0 Å². The summed E-state index contributed by atoms with van der Waals surface area (Å²) in [4.78, 5) is 2.03. The molecule has 0 spiro atoms. The Morgan fingerprint density at radius 2 is 2.15 bits per heavy atom. The fraction of sp³-hybridized carbons (Fsp3) is 0.400. The van der Waals surface area contributed by atoms with Crippen LogP contribution in [0.1, 0.15) is 12.5 Å². The third-order valence-electron chi connectivity index (χ3n) is 2.00. The SMILES string of the molecule is CCN(C)Cc1ccc(Cl)cc1F. The summed E-state index contributed by atoms with van der Waals surface area (Å²) in [6.45, 7) is 3.56. The van der Waals surface area contributed by atoms with Crippen molar-refractivity contribution in [2.45, 2.75) is 13.5 Å². The second kappa shape index (κ2) is 4.58. The maximum atomic E-state index is 13.2. The Morgan fingerprint density at radius 3 is 2.69 bits per heavy atom. The molecule has 0 saturated carbocycles. The molecule has 0 fully saturated rings. The highest BCUT2D eigenvalue weighted by Gasteiger charge is 2.04. The topological polar surface area (TPSA) is 3.24 Å². The lowest BCUT2D eigenvalue weighted by Gasteiger charge is -2.14. The van der Waals surface area contributed by atoms with Gasteiger partial charge in [0.25, 0.3) is 0 Å². The number of rotatable bonds is 3. The van der Waals surface area contributed by atoms with Crippen LogP contribution in [0.3, 0.4) is 0 Å². The molecule has 1 aromatic rings. The van der Waals surface area contributed by atoms with Crippen LogP contribution in [0.2, 0.25) is 5.02 Å². The molecule has 1 nitrogen and oxygen atoms in total. The zero-order valence-corrected chi connectivity index (χ0v) is 8.61. The molecule has 0 N–H and O–H groups in total. The highest BCUT2D eigenvalue weighted by Crippen LogP contribution is 2.15. The first kappa shape index (κ1) is 10.5. The lowest BCUT2D eigenvalue weighted by atomic mass is 10.2. The normalized spacial score (nSPS) is 10.8. The third kappa shape index (κ3) is 2.98. The van der Waals surface area contributed by atoms with Gasteiger partial charge >= 0.3 is 0 Å². The molecule has 0 aliphatic carbocycles. The van der Waals surface area contributed by atoms with Crippen LogP contribution < -0.4 is 0 Å². The van der Waals surface area contributed by atoms with Gasteiger partial charge in [-0.05, 0) is 25.7 Å². The number of halogens is 2. The van der Waals surface area contributed by atoms with Crippen molar-refractivity contribution in [3.63, 3.8) is 0 Å². The van der Waals surface area contributed by atoms with Crippen molar-refractivity contribution in [2.24, 2.45) is 0 Å². The molecule has 1 rings (SSSR count). The van der Waals surface area contributed by atoms with Gasteiger partial charge in [0, 0.05) is 17.1 Å². The zero-order chi connectivity index (χ0) is 9.84. The van der Waals surface area contributed by atoms with Crippen LogP contribution in [-0.2, 0) is 6.54 Å². The summed E-state index contributed by atoms with van der Waals surface area (Å²) in [5, 5.41) is 0.445. The van der Waals surface area contributed by atoms with Gasteiger partial charge in [-0.15, -0.1) is 0 Å². The molecule has 0 aromatic heterocycles. The van der Waals surface area contributed by atoms with Crippen molar-refractivity contribution in [2.75, 3.05) is 13.6 Å². The molecular formula is C10H13ClFN. The van der Waals surface area contributed by atoms with Crippen LogP contribution >= 0.6 is 11.6 Å². The summed E-state index contributed by atoms with van der Waals surface area (Å²) in [5.41, 5.74) is 0.689. The van der Waals surface area contributed by atoms with Crippen molar-refractivity contribution >= 4 is 11.6 Å². The van der Waals surface area contributed by atoms with Crippen molar-refractivity contribution in [1.29, 1.82) is 0 Å². The van der Waals surface area contributed by atoms with Crippen molar-refractivity contribution in [3.8, 4) is 0 Å². The number of hydrogen-bond donors (Lipinski definition) is 0. The summed E-state index contributed by atoms with van der Waals surface area (Å²) < 4.78 is 13.2. The lowest BCUT2D eigenvalue weighted by molar-refractivity contribution is 0.339. The van der Waals surface area contributed by atoms with Crippen molar-refractivity contribution < 1.29 is 4.39 Å². The van der Waals surface area contributed by atoms with E-state index < -0.39 is 0 Å². The number of hydrogen-bond acceptors (Lipinski definition) is 1. The van der Waals surface area contributed by atoms with E-state index in [2.05, 4.69) is 0 Å². The molecule has 0 aliphatic rings. The van der Waals surface area contributed by atoms with Gasteiger partial charge < -0.3 is 4.90 Å². The van der Waals surface area contributed by atoms with Crippen LogP contribution in [0.25, 0.3) is 0 Å². The number of benzene rings is 1. The molecule has 0 amide bonds. The third-order valence-corrected chi connectivity index (χ3v) is 2.23. The van der Waals surface area contributed by atoms with E-state index in [0.29, 0.717) is 17.1 Å². The van der Waals surface area contributed by atoms with Crippen LogP contribution in [0, 0.1) is 5.82 Å². The highest BCUT2D eigenvalue weighted by molar-refractivity contribution is 6.30. The zero-order valence-electron chi connectivity index (χ0n) is 7.85. The summed E-state index contributed by atoms with van der Waals surface area (Å²) in [5.74, 6) is -0.229. The molecule has 0 atom stereocenters. The minimum absolute atomic E-state index is 0.229. The molecule has 13 heavy (non-hydrogen) atoms. The predicted molar refractivity (Wildman–Crippen MR) is 53.4 cm³/mol. The highest BCUT2D eigenvalue weighted by atomic mass is 35.5. The number of nitrogens with zero attached hydrogens (tertiary/aromatic N) is 1. The Balaban J connectivity index is 2.77. The van der Waals surface area contributed by atoms with Gasteiger partial charge in [0.1, 0.15) is 5.82 Å². The van der Waals surface area contributed by atoms with Gasteiger partial charge in [0.05, 0.1) is 0 Å². The lowest BCUT2D eigenvalue weighted by Crippen LogP contribution is -2.17. The molecule has 1 aromatic carbocycles. The van der Waals surface area contributed by atoms with Crippen LogP contribution in [-0.4, -0.2) is 18.5 Å². The average molecular weight is 202 g/mol. The molecule has 0 unspecified atom stereocenters. The van der Waals surface area contributed by atoms with E-state index in [-0.39, 0.29) is 5.82 Å². The van der Waals surface area contributed by atoms with Gasteiger partial charge in [0.2, 0.25) is 0 Å². The Bertz CT molecular complexity index is 288. The molecule has 0 saturated heterocycles. The predicted octanol–water partition coefficient (Wildman–Crippen LogP) is 2.93. The van der Waals surface area contributed by atoms with E-state index >= 15 is 0 Å². The second-order valence-electron chi connectivity index (χ2n) is 3.07. The maximum absolute atomic E-state index is 13.2. The summed E-state index contributed by atoms with van der Waals surface area (Å²) in [6.07, 6.45) is 0. The maximum Gasteiger partial charge on any atom is 0.129 e. The van der Waals surface area contributed by atoms with Crippen molar-refractivity contribution in [3.05, 3.63) is 34.6 Å². The average Bonchev–Trinajstić information content (AvgIpc) is 2.09. The van der Waals surface area contributed by atoms with Gasteiger partial charge in [0.15, 0.2) is 0 Å². The summed E-state index contributed by atoms with van der Waals surface area (Å²) >= 11 is 5.63. The van der Waals surface area contributed by atoms with Crippen LogP contribution in [0.5, 0.6) is 0 Å². The Labute approximate surface area is 83.1 Å². The minimum atomic E-state index is -0.229. The Morgan fingerprint density at radius 1 is 1.46 bits per heavy atom.